The smallest absolute Gasteiger partial charge is 0.0561 e. The Morgan fingerprint density at radius 3 is 1.57 bits per heavy atom. The van der Waals surface area contributed by atoms with Crippen molar-refractivity contribution >= 4 is 35.6 Å². The molecule has 0 aromatic heterocycles. The van der Waals surface area contributed by atoms with E-state index in [1.165, 1.54) is 0 Å². The molecular weight excluding hydrogens is 280 g/mol. The first kappa shape index (κ1) is 15.1. The van der Waals surface area contributed by atoms with Gasteiger partial charge in [-0.05, 0) is 24.3 Å². The molecule has 0 amide bonds. The van der Waals surface area contributed by atoms with E-state index in [0.29, 0.717) is 0 Å². The summed E-state index contributed by atoms with van der Waals surface area (Å²) in [6.07, 6.45) is 3.71. The molecular formula is C16H18N4S. The lowest BCUT2D eigenvalue weighted by Crippen LogP contribution is -1.93. The summed E-state index contributed by atoms with van der Waals surface area (Å²) in [5.41, 5.74) is 7.94. The van der Waals surface area contributed by atoms with Crippen LogP contribution >= 0.6 is 11.8 Å². The largest absolute Gasteiger partial charge is 0.279 e. The summed E-state index contributed by atoms with van der Waals surface area (Å²) < 4.78 is 0. The van der Waals surface area contributed by atoms with Crippen molar-refractivity contribution in [3.63, 3.8) is 0 Å². The van der Waals surface area contributed by atoms with Crippen molar-refractivity contribution in [3.8, 4) is 0 Å². The molecule has 0 aliphatic carbocycles. The van der Waals surface area contributed by atoms with Gasteiger partial charge in [-0.1, -0.05) is 36.4 Å². The SMILES string of the molecule is C(/CSC/C=N/Nc1ccccc1)=N/Nc1ccccc1. The molecule has 2 N–H and O–H groups in total. The third kappa shape index (κ3) is 6.63. The summed E-state index contributed by atoms with van der Waals surface area (Å²) in [6, 6.07) is 19.8. The van der Waals surface area contributed by atoms with Crippen LogP contribution in [-0.2, 0) is 0 Å². The fourth-order valence-corrected chi connectivity index (χ4v) is 2.01. The number of anilines is 2. The van der Waals surface area contributed by atoms with E-state index in [1.807, 2.05) is 73.1 Å². The van der Waals surface area contributed by atoms with E-state index in [-0.39, 0.29) is 0 Å². The molecule has 0 atom stereocenters. The number of rotatable bonds is 8. The van der Waals surface area contributed by atoms with Crippen LogP contribution < -0.4 is 10.9 Å². The average molecular weight is 298 g/mol. The zero-order chi connectivity index (χ0) is 14.6. The second-order valence-corrected chi connectivity index (χ2v) is 5.19. The summed E-state index contributed by atoms with van der Waals surface area (Å²) >= 11 is 1.74. The molecule has 0 saturated carbocycles. The minimum Gasteiger partial charge on any atom is -0.279 e. The van der Waals surface area contributed by atoms with Gasteiger partial charge in [0.1, 0.15) is 0 Å². The van der Waals surface area contributed by atoms with Gasteiger partial charge in [0.2, 0.25) is 0 Å². The minimum absolute atomic E-state index is 0.844. The highest BCUT2D eigenvalue weighted by molar-refractivity contribution is 8.00. The number of para-hydroxylation sites is 2. The molecule has 0 aliphatic heterocycles. The highest BCUT2D eigenvalue weighted by Gasteiger charge is 1.86. The van der Waals surface area contributed by atoms with Gasteiger partial charge < -0.3 is 0 Å². The molecule has 21 heavy (non-hydrogen) atoms. The average Bonchev–Trinajstić information content (AvgIpc) is 2.55. The molecule has 0 heterocycles. The molecule has 0 aliphatic rings. The lowest BCUT2D eigenvalue weighted by Gasteiger charge is -1.98. The van der Waals surface area contributed by atoms with E-state index in [2.05, 4.69) is 21.1 Å². The summed E-state index contributed by atoms with van der Waals surface area (Å²) in [5, 5.41) is 8.30. The van der Waals surface area contributed by atoms with E-state index in [0.717, 1.165) is 22.9 Å². The minimum atomic E-state index is 0.844. The van der Waals surface area contributed by atoms with Crippen molar-refractivity contribution < 1.29 is 0 Å². The van der Waals surface area contributed by atoms with Crippen LogP contribution in [0.5, 0.6) is 0 Å². The zero-order valence-corrected chi connectivity index (χ0v) is 12.5. The van der Waals surface area contributed by atoms with Crippen molar-refractivity contribution in [2.45, 2.75) is 0 Å². The predicted octanol–water partition coefficient (Wildman–Crippen LogP) is 3.92. The van der Waals surface area contributed by atoms with Gasteiger partial charge in [0.15, 0.2) is 0 Å². The second kappa shape index (κ2) is 9.61. The first-order valence-corrected chi connectivity index (χ1v) is 7.83. The molecule has 4 nitrogen and oxygen atoms in total. The molecule has 5 heteroatoms. The van der Waals surface area contributed by atoms with Crippen molar-refractivity contribution in [1.29, 1.82) is 0 Å². The Labute approximate surface area is 129 Å². The van der Waals surface area contributed by atoms with E-state index in [9.17, 15) is 0 Å². The summed E-state index contributed by atoms with van der Waals surface area (Å²) in [6.45, 7) is 0. The number of hydrogen-bond donors (Lipinski definition) is 2. The van der Waals surface area contributed by atoms with Gasteiger partial charge in [-0.3, -0.25) is 10.9 Å². The van der Waals surface area contributed by atoms with Crippen LogP contribution in [0.1, 0.15) is 0 Å². The molecule has 0 spiro atoms. The molecule has 0 saturated heterocycles. The second-order valence-electron chi connectivity index (χ2n) is 4.12. The first-order valence-electron chi connectivity index (χ1n) is 6.68. The van der Waals surface area contributed by atoms with Crippen molar-refractivity contribution in [2.75, 3.05) is 22.4 Å². The highest BCUT2D eigenvalue weighted by atomic mass is 32.2. The van der Waals surface area contributed by atoms with Gasteiger partial charge in [0.25, 0.3) is 0 Å². The predicted molar refractivity (Wildman–Crippen MR) is 94.4 cm³/mol. The van der Waals surface area contributed by atoms with Crippen molar-refractivity contribution in [3.05, 3.63) is 60.7 Å². The maximum atomic E-state index is 4.15. The van der Waals surface area contributed by atoms with Crippen LogP contribution in [0.3, 0.4) is 0 Å². The topological polar surface area (TPSA) is 48.8 Å². The molecule has 2 aromatic carbocycles. The van der Waals surface area contributed by atoms with Crippen LogP contribution in [-0.4, -0.2) is 23.9 Å². The van der Waals surface area contributed by atoms with Gasteiger partial charge in [0.05, 0.1) is 11.4 Å². The van der Waals surface area contributed by atoms with E-state index >= 15 is 0 Å². The third-order valence-corrected chi connectivity index (χ3v) is 3.27. The van der Waals surface area contributed by atoms with Gasteiger partial charge in [-0.25, -0.2) is 0 Å². The first-order chi connectivity index (χ1) is 10.4. The number of thioether (sulfide) groups is 1. The number of nitrogens with one attached hydrogen (secondary N) is 2. The Morgan fingerprint density at radius 2 is 1.14 bits per heavy atom. The van der Waals surface area contributed by atoms with E-state index < -0.39 is 0 Å². The third-order valence-electron chi connectivity index (χ3n) is 2.50. The number of hydrazone groups is 2. The number of benzene rings is 2. The maximum Gasteiger partial charge on any atom is 0.0561 e. The van der Waals surface area contributed by atoms with Crippen molar-refractivity contribution in [1.82, 2.24) is 0 Å². The summed E-state index contributed by atoms with van der Waals surface area (Å²) in [7, 11) is 0. The van der Waals surface area contributed by atoms with E-state index in [1.54, 1.807) is 11.8 Å². The monoisotopic (exact) mass is 298 g/mol. The lowest BCUT2D eigenvalue weighted by atomic mass is 10.3. The molecule has 108 valence electrons. The van der Waals surface area contributed by atoms with Crippen LogP contribution in [0.2, 0.25) is 0 Å². The van der Waals surface area contributed by atoms with Crippen LogP contribution in [0.25, 0.3) is 0 Å². The standard InChI is InChI=1S/C16H18N4S/c1-3-7-15(8-4-1)19-17-11-13-21-14-12-18-20-16-9-5-2-6-10-16/h1-12,19-20H,13-14H2/b17-11-,18-12+. The fraction of sp³-hybridized carbons (Fsp3) is 0.125. The van der Waals surface area contributed by atoms with Gasteiger partial charge in [-0.15, -0.1) is 0 Å². The fourth-order valence-electron chi connectivity index (χ4n) is 1.51. The molecule has 2 rings (SSSR count). The van der Waals surface area contributed by atoms with Crippen LogP contribution in [0, 0.1) is 0 Å². The zero-order valence-electron chi connectivity index (χ0n) is 11.6. The molecule has 0 bridgehead atoms. The lowest BCUT2D eigenvalue weighted by molar-refractivity contribution is 1.35. The summed E-state index contributed by atoms with van der Waals surface area (Å²) in [5.74, 6) is 1.69. The Hall–Kier alpha value is -2.27. The van der Waals surface area contributed by atoms with Gasteiger partial charge in [-0.2, -0.15) is 22.0 Å². The van der Waals surface area contributed by atoms with E-state index in [4.69, 9.17) is 0 Å². The Balaban J connectivity index is 1.54. The number of nitrogens with zero attached hydrogens (tertiary/aromatic N) is 2. The molecule has 0 radical (unpaired) electrons. The Bertz CT molecular complexity index is 504. The quantitative estimate of drug-likeness (QED) is 0.441. The Morgan fingerprint density at radius 1 is 0.714 bits per heavy atom. The highest BCUT2D eigenvalue weighted by Crippen LogP contribution is 2.05. The molecule has 0 fully saturated rings. The Kier molecular flexibility index (Phi) is 6.92. The van der Waals surface area contributed by atoms with Crippen LogP contribution in [0.4, 0.5) is 11.4 Å². The molecule has 0 unspecified atom stereocenters. The number of hydrogen-bond acceptors (Lipinski definition) is 5. The van der Waals surface area contributed by atoms with Crippen LogP contribution in [0.15, 0.2) is 70.9 Å². The van der Waals surface area contributed by atoms with Gasteiger partial charge >= 0.3 is 0 Å². The normalized spacial score (nSPS) is 11.0. The van der Waals surface area contributed by atoms with Gasteiger partial charge in [0, 0.05) is 23.9 Å². The van der Waals surface area contributed by atoms with Crippen molar-refractivity contribution in [2.24, 2.45) is 10.2 Å². The summed E-state index contributed by atoms with van der Waals surface area (Å²) in [4.78, 5) is 0. The molecule has 2 aromatic rings. The maximum absolute atomic E-state index is 4.15.